The van der Waals surface area contributed by atoms with E-state index in [0.29, 0.717) is 18.1 Å². The Balaban J connectivity index is 1.98. The Morgan fingerprint density at radius 3 is 2.67 bits per heavy atom. The van der Waals surface area contributed by atoms with Gasteiger partial charge in [0.15, 0.2) is 0 Å². The Morgan fingerprint density at radius 1 is 1.29 bits per heavy atom. The van der Waals surface area contributed by atoms with Crippen molar-refractivity contribution in [3.05, 3.63) is 52.4 Å². The number of ether oxygens (including phenoxy) is 1. The van der Waals surface area contributed by atoms with Crippen molar-refractivity contribution in [2.45, 2.75) is 13.3 Å². The first-order chi connectivity index (χ1) is 10.1. The van der Waals surface area contributed by atoms with Crippen molar-refractivity contribution in [3.63, 3.8) is 0 Å². The van der Waals surface area contributed by atoms with E-state index < -0.39 is 5.97 Å². The number of rotatable bonds is 5. The van der Waals surface area contributed by atoms with Gasteiger partial charge in [0.2, 0.25) is 5.82 Å². The maximum absolute atomic E-state index is 11.5. The van der Waals surface area contributed by atoms with Crippen molar-refractivity contribution in [2.24, 2.45) is 0 Å². The summed E-state index contributed by atoms with van der Waals surface area (Å²) in [6.07, 6.45) is 0.827. The highest BCUT2D eigenvalue weighted by atomic mass is 35.5. The quantitative estimate of drug-likeness (QED) is 0.861. The average Bonchev–Trinajstić information content (AvgIpc) is 2.48. The summed E-state index contributed by atoms with van der Waals surface area (Å²) in [5.74, 6) is 0.128. The summed E-state index contributed by atoms with van der Waals surface area (Å²) in [5, 5.41) is 3.90. The molecule has 5 nitrogen and oxygen atoms in total. The topological polar surface area (TPSA) is 64.1 Å². The van der Waals surface area contributed by atoms with Gasteiger partial charge in [0, 0.05) is 23.3 Å². The van der Waals surface area contributed by atoms with E-state index in [0.717, 1.165) is 11.4 Å². The summed E-state index contributed by atoms with van der Waals surface area (Å²) in [4.78, 5) is 19.6. The lowest BCUT2D eigenvalue weighted by atomic mass is 10.1. The number of benzene rings is 1. The summed E-state index contributed by atoms with van der Waals surface area (Å²) >= 11 is 5.84. The van der Waals surface area contributed by atoms with Crippen LogP contribution in [0.4, 0.5) is 5.82 Å². The molecule has 110 valence electrons. The third-order valence-corrected chi connectivity index (χ3v) is 3.11. The van der Waals surface area contributed by atoms with Gasteiger partial charge in [-0.05, 0) is 31.0 Å². The van der Waals surface area contributed by atoms with Crippen LogP contribution >= 0.6 is 11.6 Å². The maximum Gasteiger partial charge on any atom is 0.376 e. The minimum Gasteiger partial charge on any atom is -0.463 e. The van der Waals surface area contributed by atoms with Crippen molar-refractivity contribution < 1.29 is 9.53 Å². The molecule has 21 heavy (non-hydrogen) atoms. The van der Waals surface area contributed by atoms with E-state index in [9.17, 15) is 4.79 Å². The SMILES string of the molecule is COC(=O)c1nc(C)cc(NCCc2ccc(Cl)cc2)n1. The second kappa shape index (κ2) is 7.04. The zero-order valence-corrected chi connectivity index (χ0v) is 12.6. The van der Waals surface area contributed by atoms with Gasteiger partial charge in [-0.2, -0.15) is 0 Å². The highest BCUT2D eigenvalue weighted by Crippen LogP contribution is 2.11. The Bertz CT molecular complexity index is 629. The summed E-state index contributed by atoms with van der Waals surface area (Å²) < 4.78 is 4.63. The zero-order chi connectivity index (χ0) is 15.2. The van der Waals surface area contributed by atoms with E-state index in [1.54, 1.807) is 13.0 Å². The number of hydrogen-bond acceptors (Lipinski definition) is 5. The summed E-state index contributed by atoms with van der Waals surface area (Å²) in [6, 6.07) is 9.47. The van der Waals surface area contributed by atoms with Crippen LogP contribution in [0.25, 0.3) is 0 Å². The second-order valence-electron chi connectivity index (χ2n) is 4.51. The number of hydrogen-bond donors (Lipinski definition) is 1. The molecule has 0 bridgehead atoms. The lowest BCUT2D eigenvalue weighted by Crippen LogP contribution is -2.12. The highest BCUT2D eigenvalue weighted by molar-refractivity contribution is 6.30. The summed E-state index contributed by atoms with van der Waals surface area (Å²) in [6.45, 7) is 2.50. The van der Waals surface area contributed by atoms with Crippen molar-refractivity contribution in [3.8, 4) is 0 Å². The van der Waals surface area contributed by atoms with Crippen LogP contribution in [0.5, 0.6) is 0 Å². The molecule has 0 aliphatic carbocycles. The fourth-order valence-corrected chi connectivity index (χ4v) is 1.95. The van der Waals surface area contributed by atoms with Crippen LogP contribution in [-0.4, -0.2) is 29.6 Å². The Morgan fingerprint density at radius 2 is 2.00 bits per heavy atom. The van der Waals surface area contributed by atoms with E-state index in [4.69, 9.17) is 11.6 Å². The Labute approximate surface area is 128 Å². The van der Waals surface area contributed by atoms with Crippen LogP contribution < -0.4 is 5.32 Å². The number of aryl methyl sites for hydroxylation is 1. The fraction of sp³-hybridized carbons (Fsp3) is 0.267. The van der Waals surface area contributed by atoms with Crippen LogP contribution in [0, 0.1) is 6.92 Å². The first kappa shape index (κ1) is 15.3. The molecule has 0 unspecified atom stereocenters. The third kappa shape index (κ3) is 4.43. The van der Waals surface area contributed by atoms with Crippen molar-refractivity contribution >= 4 is 23.4 Å². The molecule has 6 heteroatoms. The van der Waals surface area contributed by atoms with Crippen LogP contribution in [0.3, 0.4) is 0 Å². The molecule has 2 aromatic rings. The van der Waals surface area contributed by atoms with Gasteiger partial charge in [-0.25, -0.2) is 14.8 Å². The number of nitrogens with one attached hydrogen (secondary N) is 1. The molecule has 0 radical (unpaired) electrons. The van der Waals surface area contributed by atoms with Crippen LogP contribution in [0.2, 0.25) is 5.02 Å². The number of nitrogens with zero attached hydrogens (tertiary/aromatic N) is 2. The molecule has 0 saturated heterocycles. The molecule has 0 spiro atoms. The number of halogens is 1. The summed E-state index contributed by atoms with van der Waals surface area (Å²) in [7, 11) is 1.31. The molecule has 0 fully saturated rings. The van der Waals surface area contributed by atoms with E-state index in [2.05, 4.69) is 20.0 Å². The lowest BCUT2D eigenvalue weighted by molar-refractivity contribution is 0.0586. The van der Waals surface area contributed by atoms with Crippen LogP contribution in [-0.2, 0) is 11.2 Å². The molecule has 0 atom stereocenters. The second-order valence-corrected chi connectivity index (χ2v) is 4.95. The number of anilines is 1. The van der Waals surface area contributed by atoms with Gasteiger partial charge in [-0.15, -0.1) is 0 Å². The Kier molecular flexibility index (Phi) is 5.11. The van der Waals surface area contributed by atoms with Gasteiger partial charge in [0.25, 0.3) is 0 Å². The highest BCUT2D eigenvalue weighted by Gasteiger charge is 2.11. The monoisotopic (exact) mass is 305 g/mol. The smallest absolute Gasteiger partial charge is 0.376 e. The largest absolute Gasteiger partial charge is 0.463 e. The van der Waals surface area contributed by atoms with E-state index in [1.807, 2.05) is 24.3 Å². The first-order valence-electron chi connectivity index (χ1n) is 6.51. The van der Waals surface area contributed by atoms with Crippen LogP contribution in [0.15, 0.2) is 30.3 Å². The van der Waals surface area contributed by atoms with Gasteiger partial charge >= 0.3 is 5.97 Å². The van der Waals surface area contributed by atoms with E-state index in [1.165, 1.54) is 12.7 Å². The Hall–Kier alpha value is -2.14. The van der Waals surface area contributed by atoms with Crippen molar-refractivity contribution in [2.75, 3.05) is 19.0 Å². The third-order valence-electron chi connectivity index (χ3n) is 2.86. The number of methoxy groups -OCH3 is 1. The zero-order valence-electron chi connectivity index (χ0n) is 11.9. The molecule has 1 aromatic carbocycles. The van der Waals surface area contributed by atoms with Gasteiger partial charge in [-0.3, -0.25) is 0 Å². The predicted octanol–water partition coefficient (Wildman–Crippen LogP) is 2.88. The number of esters is 1. The van der Waals surface area contributed by atoms with Gasteiger partial charge in [0.05, 0.1) is 7.11 Å². The molecule has 1 heterocycles. The van der Waals surface area contributed by atoms with E-state index >= 15 is 0 Å². The summed E-state index contributed by atoms with van der Waals surface area (Å²) in [5.41, 5.74) is 1.88. The van der Waals surface area contributed by atoms with Gasteiger partial charge < -0.3 is 10.1 Å². The van der Waals surface area contributed by atoms with Crippen LogP contribution in [0.1, 0.15) is 21.9 Å². The van der Waals surface area contributed by atoms with E-state index in [-0.39, 0.29) is 5.82 Å². The molecular formula is C15H16ClN3O2. The molecule has 1 N–H and O–H groups in total. The molecule has 0 amide bonds. The number of carbonyl (C=O) groups is 1. The molecule has 1 aromatic heterocycles. The molecule has 0 aliphatic heterocycles. The van der Waals surface area contributed by atoms with Gasteiger partial charge in [0.1, 0.15) is 5.82 Å². The number of aromatic nitrogens is 2. The number of carbonyl (C=O) groups excluding carboxylic acids is 1. The fourth-order valence-electron chi connectivity index (χ4n) is 1.83. The molecule has 2 rings (SSSR count). The van der Waals surface area contributed by atoms with Crippen molar-refractivity contribution in [1.82, 2.24) is 9.97 Å². The normalized spacial score (nSPS) is 10.2. The molecule has 0 aliphatic rings. The molecular weight excluding hydrogens is 290 g/mol. The molecule has 0 saturated carbocycles. The average molecular weight is 306 g/mol. The minimum absolute atomic E-state index is 0.0616. The first-order valence-corrected chi connectivity index (χ1v) is 6.88. The standard InChI is InChI=1S/C15H16ClN3O2/c1-10-9-13(19-14(18-10)15(20)21-2)17-8-7-11-3-5-12(16)6-4-11/h3-6,9H,7-8H2,1-2H3,(H,17,18,19). The van der Waals surface area contributed by atoms with Crippen molar-refractivity contribution in [1.29, 1.82) is 0 Å². The van der Waals surface area contributed by atoms with Gasteiger partial charge in [-0.1, -0.05) is 23.7 Å². The predicted molar refractivity (Wildman–Crippen MR) is 81.8 cm³/mol. The maximum atomic E-state index is 11.5. The lowest BCUT2D eigenvalue weighted by Gasteiger charge is -2.08. The minimum atomic E-state index is -0.542.